The first-order chi connectivity index (χ1) is 12.4. The fraction of sp³-hybridized carbons (Fsp3) is 0.696. The van der Waals surface area contributed by atoms with Crippen LogP contribution in [0.3, 0.4) is 0 Å². The van der Waals surface area contributed by atoms with E-state index in [9.17, 15) is 4.79 Å². The maximum atomic E-state index is 13.0. The molecule has 2 saturated carbocycles. The third-order valence-electron chi connectivity index (χ3n) is 6.58. The molecule has 1 unspecified atom stereocenters. The van der Waals surface area contributed by atoms with Crippen LogP contribution in [0.5, 0.6) is 0 Å². The van der Waals surface area contributed by atoms with Crippen LogP contribution < -0.4 is 5.73 Å². The minimum Gasteiger partial charge on any atom is -0.399 e. The summed E-state index contributed by atoms with van der Waals surface area (Å²) in [7, 11) is 0. The Balaban J connectivity index is 1.57. The Bertz CT molecular complexity index is 619. The van der Waals surface area contributed by atoms with Gasteiger partial charge in [-0.25, -0.2) is 0 Å². The highest BCUT2D eigenvalue weighted by atomic mass is 16.5. The Morgan fingerprint density at radius 3 is 2.54 bits per heavy atom. The van der Waals surface area contributed by atoms with Gasteiger partial charge in [0.15, 0.2) is 0 Å². The van der Waals surface area contributed by atoms with Crippen molar-refractivity contribution in [2.45, 2.75) is 71.8 Å². The predicted molar refractivity (Wildman–Crippen MR) is 107 cm³/mol. The van der Waals surface area contributed by atoms with Crippen LogP contribution in [0, 0.1) is 30.6 Å². The van der Waals surface area contributed by atoms with Crippen molar-refractivity contribution >= 4 is 11.5 Å². The van der Waals surface area contributed by atoms with Gasteiger partial charge in [-0.1, -0.05) is 19.9 Å². The van der Waals surface area contributed by atoms with Crippen molar-refractivity contribution in [3.8, 4) is 0 Å². The van der Waals surface area contributed by atoms with E-state index in [1.165, 1.54) is 25.7 Å². The molecule has 0 bridgehead atoms. The van der Waals surface area contributed by atoms with Gasteiger partial charge >= 0.3 is 0 Å². The second-order valence-electron chi connectivity index (χ2n) is 8.99. The molecule has 2 fully saturated rings. The molecule has 144 valence electrons. The molecule has 0 aliphatic heterocycles. The van der Waals surface area contributed by atoms with Crippen LogP contribution in [-0.4, -0.2) is 18.5 Å². The molecule has 1 aromatic carbocycles. The van der Waals surface area contributed by atoms with Crippen molar-refractivity contribution in [3.05, 3.63) is 29.3 Å². The highest BCUT2D eigenvalue weighted by Crippen LogP contribution is 2.38. The van der Waals surface area contributed by atoms with E-state index >= 15 is 0 Å². The molecule has 0 radical (unpaired) electrons. The van der Waals surface area contributed by atoms with Crippen LogP contribution in [0.25, 0.3) is 0 Å². The zero-order valence-electron chi connectivity index (χ0n) is 16.7. The van der Waals surface area contributed by atoms with Gasteiger partial charge in [0.2, 0.25) is 0 Å². The van der Waals surface area contributed by atoms with E-state index in [-0.39, 0.29) is 5.92 Å². The highest BCUT2D eigenvalue weighted by Gasteiger charge is 2.37. The predicted octanol–water partition coefficient (Wildman–Crippen LogP) is 4.95. The first-order valence-corrected chi connectivity index (χ1v) is 10.4. The maximum absolute atomic E-state index is 13.0. The van der Waals surface area contributed by atoms with Crippen LogP contribution in [0.4, 0.5) is 5.69 Å². The maximum Gasteiger partial charge on any atom is 0.140 e. The first-order valence-electron chi connectivity index (χ1n) is 10.4. The average molecular weight is 358 g/mol. The van der Waals surface area contributed by atoms with Crippen LogP contribution in [-0.2, 0) is 16.0 Å². The Hall–Kier alpha value is -1.35. The summed E-state index contributed by atoms with van der Waals surface area (Å²) < 4.78 is 6.26. The number of rotatable bonds is 6. The molecule has 0 saturated heterocycles. The number of Topliss-reactive ketones (excluding diaryl/α,β-unsaturated/α-hetero) is 1. The van der Waals surface area contributed by atoms with E-state index in [1.54, 1.807) is 0 Å². The van der Waals surface area contributed by atoms with E-state index in [4.69, 9.17) is 10.5 Å². The van der Waals surface area contributed by atoms with Crippen LogP contribution in [0.2, 0.25) is 0 Å². The summed E-state index contributed by atoms with van der Waals surface area (Å²) >= 11 is 0. The van der Waals surface area contributed by atoms with Gasteiger partial charge in [0.25, 0.3) is 0 Å². The van der Waals surface area contributed by atoms with Gasteiger partial charge in [0.05, 0.1) is 12.7 Å². The number of carbonyl (C=O) groups excluding carboxylic acids is 1. The molecule has 3 atom stereocenters. The van der Waals surface area contributed by atoms with Gasteiger partial charge in [0, 0.05) is 18.0 Å². The number of nitrogens with two attached hydrogens (primary N) is 1. The van der Waals surface area contributed by atoms with E-state index in [0.717, 1.165) is 42.2 Å². The van der Waals surface area contributed by atoms with Gasteiger partial charge in [0.1, 0.15) is 5.78 Å². The number of hydrogen-bond acceptors (Lipinski definition) is 3. The molecule has 0 amide bonds. The largest absolute Gasteiger partial charge is 0.399 e. The van der Waals surface area contributed by atoms with E-state index in [1.807, 2.05) is 25.1 Å². The molecule has 2 aliphatic rings. The van der Waals surface area contributed by atoms with Crippen molar-refractivity contribution in [3.63, 3.8) is 0 Å². The van der Waals surface area contributed by atoms with Crippen LogP contribution in [0.1, 0.15) is 63.5 Å². The summed E-state index contributed by atoms with van der Waals surface area (Å²) in [5, 5.41) is 0. The molecular weight excluding hydrogens is 322 g/mol. The van der Waals surface area contributed by atoms with Gasteiger partial charge in [-0.15, -0.1) is 0 Å². The number of hydrogen-bond donors (Lipinski definition) is 1. The number of anilines is 1. The third kappa shape index (κ3) is 4.88. The highest BCUT2D eigenvalue weighted by molar-refractivity contribution is 5.84. The fourth-order valence-electron chi connectivity index (χ4n) is 4.87. The van der Waals surface area contributed by atoms with Gasteiger partial charge in [-0.2, -0.15) is 0 Å². The molecule has 2 N–H and O–H groups in total. The molecule has 1 aromatic rings. The summed E-state index contributed by atoms with van der Waals surface area (Å²) in [5.74, 6) is 2.40. The van der Waals surface area contributed by atoms with Crippen LogP contribution >= 0.6 is 0 Å². The second-order valence-corrected chi connectivity index (χ2v) is 8.99. The number of carbonyl (C=O) groups is 1. The normalized spacial score (nSPS) is 31.9. The standard InChI is InChI=1S/C23H35NO2/c1-15-4-8-21(9-5-15)26-14-19-10-16(2)11-22(19)23(25)13-18-6-7-20(24)12-17(18)3/h6-7,12,15-16,19,21-22H,4-5,8-11,13-14,24H2,1-3H3/t15?,16-,19-,21?,22?/m0/s1. The lowest BCUT2D eigenvalue weighted by atomic mass is 9.87. The lowest BCUT2D eigenvalue weighted by molar-refractivity contribution is -0.124. The molecule has 0 heterocycles. The quantitative estimate of drug-likeness (QED) is 0.733. The topological polar surface area (TPSA) is 52.3 Å². The molecule has 0 aromatic heterocycles. The lowest BCUT2D eigenvalue weighted by Crippen LogP contribution is -2.28. The number of ketones is 1. The Kier molecular flexibility index (Phi) is 6.39. The van der Waals surface area contributed by atoms with Crippen molar-refractivity contribution in [2.24, 2.45) is 23.7 Å². The minimum absolute atomic E-state index is 0.157. The Labute approximate surface area is 158 Å². The molecule has 3 rings (SSSR count). The molecule has 2 aliphatic carbocycles. The van der Waals surface area contributed by atoms with Gasteiger partial charge < -0.3 is 10.5 Å². The summed E-state index contributed by atoms with van der Waals surface area (Å²) in [4.78, 5) is 13.0. The van der Waals surface area contributed by atoms with Crippen molar-refractivity contribution < 1.29 is 9.53 Å². The molecule has 3 nitrogen and oxygen atoms in total. The van der Waals surface area contributed by atoms with Gasteiger partial charge in [-0.05, 0) is 86.5 Å². The summed E-state index contributed by atoms with van der Waals surface area (Å²) in [5.41, 5.74) is 8.84. The Morgan fingerprint density at radius 1 is 1.12 bits per heavy atom. The van der Waals surface area contributed by atoms with Gasteiger partial charge in [-0.3, -0.25) is 4.79 Å². The number of nitrogen functional groups attached to an aromatic ring is 1. The number of aryl methyl sites for hydroxylation is 1. The third-order valence-corrected chi connectivity index (χ3v) is 6.58. The molecular formula is C23H35NO2. The van der Waals surface area contributed by atoms with E-state index in [0.29, 0.717) is 30.1 Å². The molecule has 3 heteroatoms. The van der Waals surface area contributed by atoms with E-state index < -0.39 is 0 Å². The van der Waals surface area contributed by atoms with Crippen molar-refractivity contribution in [2.75, 3.05) is 12.3 Å². The monoisotopic (exact) mass is 357 g/mol. The van der Waals surface area contributed by atoms with E-state index in [2.05, 4.69) is 13.8 Å². The SMILES string of the molecule is Cc1cc(N)ccc1CC(=O)C1C[C@@H](C)C[C@H]1COC1CCC(C)CC1. The van der Waals surface area contributed by atoms with Crippen LogP contribution in [0.15, 0.2) is 18.2 Å². The average Bonchev–Trinajstić information content (AvgIpc) is 2.98. The zero-order valence-corrected chi connectivity index (χ0v) is 16.7. The smallest absolute Gasteiger partial charge is 0.140 e. The second kappa shape index (κ2) is 8.56. The zero-order chi connectivity index (χ0) is 18.7. The Morgan fingerprint density at radius 2 is 1.85 bits per heavy atom. The minimum atomic E-state index is 0.157. The summed E-state index contributed by atoms with van der Waals surface area (Å²) in [6, 6.07) is 5.87. The lowest BCUT2D eigenvalue weighted by Gasteiger charge is -2.28. The molecule has 26 heavy (non-hydrogen) atoms. The summed E-state index contributed by atoms with van der Waals surface area (Å²) in [6.45, 7) is 7.42. The first kappa shape index (κ1) is 19.4. The molecule has 0 spiro atoms. The van der Waals surface area contributed by atoms with Crippen molar-refractivity contribution in [1.82, 2.24) is 0 Å². The number of ether oxygens (including phenoxy) is 1. The summed E-state index contributed by atoms with van der Waals surface area (Å²) in [6.07, 6.45) is 8.02. The van der Waals surface area contributed by atoms with Crippen molar-refractivity contribution in [1.29, 1.82) is 0 Å². The fourth-order valence-corrected chi connectivity index (χ4v) is 4.87. The number of benzene rings is 1.